The second-order valence-electron chi connectivity index (χ2n) is 5.33. The highest BCUT2D eigenvalue weighted by Gasteiger charge is 2.34. The number of aliphatic hydroxyl groups is 1. The third-order valence-corrected chi connectivity index (χ3v) is 3.65. The lowest BCUT2D eigenvalue weighted by atomic mass is 9.94. The van der Waals surface area contributed by atoms with Gasteiger partial charge in [-0.1, -0.05) is 62.2 Å². The van der Waals surface area contributed by atoms with Gasteiger partial charge in [0.15, 0.2) is 0 Å². The summed E-state index contributed by atoms with van der Waals surface area (Å²) in [6, 6.07) is 12.6. The van der Waals surface area contributed by atoms with Gasteiger partial charge in [-0.2, -0.15) is 13.2 Å². The van der Waals surface area contributed by atoms with E-state index in [1.807, 2.05) is 6.92 Å². The molecule has 4 heteroatoms. The third-order valence-electron chi connectivity index (χ3n) is 3.65. The molecular weight excluding hydrogens is 289 g/mol. The number of hydrogen-bond donors (Lipinski definition) is 1. The standard InChI is InChI=1S/C18H19F3O/c1-2-3-9-17(22)14-10-11-15(13-7-5-4-6-8-13)16(12-14)18(19,20)21/h4-8,10-12,17,22H,2-3,9H2,1H3. The smallest absolute Gasteiger partial charge is 0.388 e. The Morgan fingerprint density at radius 1 is 1.05 bits per heavy atom. The van der Waals surface area contributed by atoms with E-state index in [1.165, 1.54) is 6.07 Å². The Balaban J connectivity index is 2.44. The Morgan fingerprint density at radius 3 is 2.32 bits per heavy atom. The average molecular weight is 308 g/mol. The minimum absolute atomic E-state index is 0.138. The van der Waals surface area contributed by atoms with Crippen LogP contribution in [0.3, 0.4) is 0 Å². The molecule has 0 aliphatic rings. The van der Waals surface area contributed by atoms with Gasteiger partial charge in [0.05, 0.1) is 11.7 Å². The van der Waals surface area contributed by atoms with Crippen molar-refractivity contribution >= 4 is 0 Å². The van der Waals surface area contributed by atoms with Crippen LogP contribution in [0.5, 0.6) is 0 Å². The molecule has 22 heavy (non-hydrogen) atoms. The Hall–Kier alpha value is -1.81. The van der Waals surface area contributed by atoms with Crippen LogP contribution in [0.15, 0.2) is 48.5 Å². The molecule has 0 saturated carbocycles. The van der Waals surface area contributed by atoms with Gasteiger partial charge in [0.25, 0.3) is 0 Å². The fourth-order valence-corrected chi connectivity index (χ4v) is 2.44. The van der Waals surface area contributed by atoms with Crippen LogP contribution in [0.2, 0.25) is 0 Å². The number of rotatable bonds is 5. The highest BCUT2D eigenvalue weighted by molar-refractivity contribution is 5.68. The van der Waals surface area contributed by atoms with Crippen molar-refractivity contribution in [3.05, 3.63) is 59.7 Å². The summed E-state index contributed by atoms with van der Waals surface area (Å²) >= 11 is 0. The summed E-state index contributed by atoms with van der Waals surface area (Å²) < 4.78 is 40.0. The van der Waals surface area contributed by atoms with Crippen molar-refractivity contribution in [2.75, 3.05) is 0 Å². The zero-order chi connectivity index (χ0) is 16.2. The quantitative estimate of drug-likeness (QED) is 0.762. The second-order valence-corrected chi connectivity index (χ2v) is 5.33. The Kier molecular flexibility index (Phi) is 5.24. The van der Waals surface area contributed by atoms with E-state index in [0.717, 1.165) is 18.9 Å². The van der Waals surface area contributed by atoms with Gasteiger partial charge in [0, 0.05) is 0 Å². The van der Waals surface area contributed by atoms with Crippen LogP contribution >= 0.6 is 0 Å². The number of benzene rings is 2. The SMILES string of the molecule is CCCCC(O)c1ccc(-c2ccccc2)c(C(F)(F)F)c1. The summed E-state index contributed by atoms with van der Waals surface area (Å²) in [5, 5.41) is 10.0. The third kappa shape index (κ3) is 3.89. The van der Waals surface area contributed by atoms with Crippen LogP contribution in [-0.4, -0.2) is 5.11 Å². The molecule has 1 N–H and O–H groups in total. The number of aliphatic hydroxyl groups excluding tert-OH is 1. The second kappa shape index (κ2) is 6.97. The first-order chi connectivity index (χ1) is 10.4. The molecule has 118 valence electrons. The summed E-state index contributed by atoms with van der Waals surface area (Å²) in [5.74, 6) is 0. The zero-order valence-corrected chi connectivity index (χ0v) is 12.4. The Bertz CT molecular complexity index is 605. The largest absolute Gasteiger partial charge is 0.417 e. The minimum atomic E-state index is -4.45. The highest BCUT2D eigenvalue weighted by Crippen LogP contribution is 2.38. The summed E-state index contributed by atoms with van der Waals surface area (Å²) in [7, 11) is 0. The predicted octanol–water partition coefficient (Wildman–Crippen LogP) is 5.60. The maximum absolute atomic E-state index is 13.3. The highest BCUT2D eigenvalue weighted by atomic mass is 19.4. The molecule has 1 atom stereocenters. The van der Waals surface area contributed by atoms with E-state index < -0.39 is 17.8 Å². The summed E-state index contributed by atoms with van der Waals surface area (Å²) in [6.45, 7) is 1.98. The molecule has 2 rings (SSSR count). The van der Waals surface area contributed by atoms with Gasteiger partial charge < -0.3 is 5.11 Å². The van der Waals surface area contributed by atoms with E-state index in [0.29, 0.717) is 17.5 Å². The lowest BCUT2D eigenvalue weighted by molar-refractivity contribution is -0.137. The fourth-order valence-electron chi connectivity index (χ4n) is 2.44. The molecule has 0 aliphatic carbocycles. The van der Waals surface area contributed by atoms with Crippen molar-refractivity contribution < 1.29 is 18.3 Å². The van der Waals surface area contributed by atoms with Gasteiger partial charge in [-0.3, -0.25) is 0 Å². The topological polar surface area (TPSA) is 20.2 Å². The van der Waals surface area contributed by atoms with Gasteiger partial charge in [0.1, 0.15) is 0 Å². The van der Waals surface area contributed by atoms with Gasteiger partial charge in [-0.25, -0.2) is 0 Å². The maximum Gasteiger partial charge on any atom is 0.417 e. The molecular formula is C18H19F3O. The van der Waals surface area contributed by atoms with E-state index in [9.17, 15) is 18.3 Å². The van der Waals surface area contributed by atoms with Gasteiger partial charge in [0.2, 0.25) is 0 Å². The Morgan fingerprint density at radius 2 is 1.73 bits per heavy atom. The average Bonchev–Trinajstić information content (AvgIpc) is 2.52. The normalized spacial score (nSPS) is 13.1. The van der Waals surface area contributed by atoms with Gasteiger partial charge >= 0.3 is 6.18 Å². The van der Waals surface area contributed by atoms with Gasteiger partial charge in [-0.05, 0) is 29.2 Å². The molecule has 0 aliphatic heterocycles. The Labute approximate surface area is 128 Å². The number of unbranched alkanes of at least 4 members (excludes halogenated alkanes) is 1. The number of halogens is 3. The predicted molar refractivity (Wildman–Crippen MR) is 81.4 cm³/mol. The van der Waals surface area contributed by atoms with Crippen LogP contribution in [0.4, 0.5) is 13.2 Å². The van der Waals surface area contributed by atoms with Crippen molar-refractivity contribution in [2.24, 2.45) is 0 Å². The zero-order valence-electron chi connectivity index (χ0n) is 12.4. The molecule has 1 nitrogen and oxygen atoms in total. The van der Waals surface area contributed by atoms with E-state index in [1.54, 1.807) is 36.4 Å². The molecule has 0 amide bonds. The molecule has 0 aromatic heterocycles. The lowest BCUT2D eigenvalue weighted by Gasteiger charge is -2.17. The van der Waals surface area contributed by atoms with Crippen LogP contribution in [-0.2, 0) is 6.18 Å². The van der Waals surface area contributed by atoms with Crippen LogP contribution < -0.4 is 0 Å². The van der Waals surface area contributed by atoms with Gasteiger partial charge in [-0.15, -0.1) is 0 Å². The molecule has 0 spiro atoms. The summed E-state index contributed by atoms with van der Waals surface area (Å²) in [4.78, 5) is 0. The van der Waals surface area contributed by atoms with E-state index in [4.69, 9.17) is 0 Å². The minimum Gasteiger partial charge on any atom is -0.388 e. The van der Waals surface area contributed by atoms with Crippen LogP contribution in [0.25, 0.3) is 11.1 Å². The molecule has 0 heterocycles. The molecule has 0 saturated heterocycles. The van der Waals surface area contributed by atoms with Crippen molar-refractivity contribution in [1.82, 2.24) is 0 Å². The lowest BCUT2D eigenvalue weighted by Crippen LogP contribution is -2.09. The molecule has 1 unspecified atom stereocenters. The molecule has 0 fully saturated rings. The van der Waals surface area contributed by atoms with Crippen molar-refractivity contribution in [3.63, 3.8) is 0 Å². The van der Waals surface area contributed by atoms with E-state index in [2.05, 4.69) is 0 Å². The van der Waals surface area contributed by atoms with Crippen LogP contribution in [0, 0.1) is 0 Å². The van der Waals surface area contributed by atoms with Crippen molar-refractivity contribution in [2.45, 2.75) is 38.5 Å². The molecule has 2 aromatic carbocycles. The molecule has 0 radical (unpaired) electrons. The maximum atomic E-state index is 13.3. The molecule has 2 aromatic rings. The van der Waals surface area contributed by atoms with Crippen molar-refractivity contribution in [1.29, 1.82) is 0 Å². The first-order valence-electron chi connectivity index (χ1n) is 7.38. The first kappa shape index (κ1) is 16.6. The number of alkyl halides is 3. The van der Waals surface area contributed by atoms with Crippen LogP contribution in [0.1, 0.15) is 43.4 Å². The van der Waals surface area contributed by atoms with Crippen molar-refractivity contribution in [3.8, 4) is 11.1 Å². The monoisotopic (exact) mass is 308 g/mol. The fraction of sp³-hybridized carbons (Fsp3) is 0.333. The number of hydrogen-bond acceptors (Lipinski definition) is 1. The van der Waals surface area contributed by atoms with E-state index >= 15 is 0 Å². The molecule has 0 bridgehead atoms. The first-order valence-corrected chi connectivity index (χ1v) is 7.38. The summed E-state index contributed by atoms with van der Waals surface area (Å²) in [5.41, 5.74) is 0.274. The summed E-state index contributed by atoms with van der Waals surface area (Å²) in [6.07, 6.45) is -3.16. The van der Waals surface area contributed by atoms with E-state index in [-0.39, 0.29) is 5.56 Å².